The zero-order valence-corrected chi connectivity index (χ0v) is 9.10. The van der Waals surface area contributed by atoms with Gasteiger partial charge >= 0.3 is 10.3 Å². The molecule has 0 atom stereocenters. The normalized spacial score (nSPS) is 14.9. The van der Waals surface area contributed by atoms with Crippen molar-refractivity contribution in [3.05, 3.63) is 44.5 Å². The topological polar surface area (TPSA) is 175 Å². The summed E-state index contributed by atoms with van der Waals surface area (Å²) in [4.78, 5) is 26.6. The van der Waals surface area contributed by atoms with Crippen LogP contribution in [0.1, 0.15) is 0 Å². The van der Waals surface area contributed by atoms with E-state index in [9.17, 15) is 18.0 Å². The molecule has 0 aromatic rings. The van der Waals surface area contributed by atoms with Gasteiger partial charge in [-0.1, -0.05) is 5.11 Å². The minimum Gasteiger partial charge on any atom is -0.372 e. The van der Waals surface area contributed by atoms with Crippen LogP contribution in [0.5, 0.6) is 0 Å². The van der Waals surface area contributed by atoms with Gasteiger partial charge in [-0.15, -0.1) is 0 Å². The molecule has 0 spiro atoms. The number of Topliss-reactive ketones (excluding diaryl/α,β-unsaturated/α-hetero) is 1. The first-order chi connectivity index (χ1) is 8.41. The van der Waals surface area contributed by atoms with Crippen LogP contribution in [0.15, 0.2) is 33.2 Å². The highest BCUT2D eigenvalue weighted by molar-refractivity contribution is 7.85. The molecule has 92 valence electrons. The number of allylic oxidation sites excluding steroid dienone is 3. The number of hydrogen-bond acceptors (Lipinski definition) is 6. The summed E-state index contributed by atoms with van der Waals surface area (Å²) in [5, 5.41) is 2.97. The Labute approximate surface area is 98.9 Å². The van der Waals surface area contributed by atoms with Gasteiger partial charge in [0.25, 0.3) is 5.78 Å². The number of carbonyl (C=O) groups is 2. The maximum Gasteiger partial charge on any atom is 0.403 e. The molecule has 0 saturated carbocycles. The summed E-state index contributed by atoms with van der Waals surface area (Å²) in [5.74, 6) is -3.43. The van der Waals surface area contributed by atoms with Crippen molar-refractivity contribution in [2.24, 2.45) is 9.63 Å². The Hall–Kier alpha value is -2.81. The predicted octanol–water partition coefficient (Wildman–Crippen LogP) is 0.788. The molecule has 18 heavy (non-hydrogen) atoms. The third kappa shape index (κ3) is 2.86. The number of nitrogens with zero attached hydrogens (tertiary/aromatic N) is 6. The van der Waals surface area contributed by atoms with E-state index in [1.807, 2.05) is 4.91 Å². The first-order valence-corrected chi connectivity index (χ1v) is 5.34. The molecule has 0 unspecified atom stereocenters. The minimum absolute atomic E-state index is 0.515. The lowest BCUT2D eigenvalue weighted by molar-refractivity contribution is -0.132. The van der Waals surface area contributed by atoms with Crippen molar-refractivity contribution in [1.29, 1.82) is 0 Å². The standard InChI is InChI=1S/C6H2N6O5S/c7-10-9-3-1-2-4(13)5(14)6(3)17-18(15,16)12-11-8/h1-2H. The van der Waals surface area contributed by atoms with Gasteiger partial charge in [0.05, 0.1) is 10.2 Å². The van der Waals surface area contributed by atoms with Crippen LogP contribution >= 0.6 is 0 Å². The monoisotopic (exact) mass is 270 g/mol. The third-order valence-electron chi connectivity index (χ3n) is 1.53. The van der Waals surface area contributed by atoms with Gasteiger partial charge in [0.15, 0.2) is 0 Å². The molecule has 0 N–H and O–H groups in total. The zero-order chi connectivity index (χ0) is 13.8. The van der Waals surface area contributed by atoms with Crippen molar-refractivity contribution >= 4 is 21.9 Å². The van der Waals surface area contributed by atoms with Gasteiger partial charge in [-0.3, -0.25) is 9.59 Å². The Balaban J connectivity index is 3.34. The second kappa shape index (κ2) is 5.01. The fraction of sp³-hybridized carbons (Fsp3) is 0. The highest BCUT2D eigenvalue weighted by Crippen LogP contribution is 2.19. The molecule has 12 heteroatoms. The highest BCUT2D eigenvalue weighted by atomic mass is 32.2. The maximum absolute atomic E-state index is 11.3. The summed E-state index contributed by atoms with van der Waals surface area (Å²) >= 11 is 0. The van der Waals surface area contributed by atoms with Crippen molar-refractivity contribution < 1.29 is 22.2 Å². The molecular formula is C6H2N6O5S. The first-order valence-electron chi connectivity index (χ1n) is 3.98. The molecule has 0 aromatic carbocycles. The van der Waals surface area contributed by atoms with Gasteiger partial charge in [0.2, 0.25) is 11.5 Å². The molecule has 0 saturated heterocycles. The predicted molar refractivity (Wildman–Crippen MR) is 54.5 cm³/mol. The smallest absolute Gasteiger partial charge is 0.372 e. The molecule has 1 aliphatic rings. The molecule has 11 nitrogen and oxygen atoms in total. The van der Waals surface area contributed by atoms with E-state index in [0.717, 1.165) is 12.2 Å². The van der Waals surface area contributed by atoms with E-state index in [1.54, 1.807) is 0 Å². The van der Waals surface area contributed by atoms with Crippen LogP contribution in [0, 0.1) is 0 Å². The van der Waals surface area contributed by atoms with Crippen LogP contribution < -0.4 is 0 Å². The number of carbonyl (C=O) groups excluding carboxylic acids is 2. The molecule has 0 fully saturated rings. The Kier molecular flexibility index (Phi) is 3.69. The van der Waals surface area contributed by atoms with Crippen LogP contribution in [0.25, 0.3) is 20.9 Å². The van der Waals surface area contributed by atoms with Crippen molar-refractivity contribution in [2.75, 3.05) is 0 Å². The van der Waals surface area contributed by atoms with E-state index in [4.69, 9.17) is 11.1 Å². The maximum atomic E-state index is 11.3. The number of rotatable bonds is 4. The van der Waals surface area contributed by atoms with Crippen molar-refractivity contribution in [3.63, 3.8) is 0 Å². The van der Waals surface area contributed by atoms with E-state index in [0.29, 0.717) is 0 Å². The summed E-state index contributed by atoms with van der Waals surface area (Å²) in [6.07, 6.45) is 1.67. The molecule has 0 radical (unpaired) electrons. The lowest BCUT2D eigenvalue weighted by atomic mass is 10.1. The van der Waals surface area contributed by atoms with Gasteiger partial charge in [0, 0.05) is 9.82 Å². The Morgan fingerprint density at radius 2 is 1.83 bits per heavy atom. The van der Waals surface area contributed by atoms with E-state index in [1.165, 1.54) is 0 Å². The van der Waals surface area contributed by atoms with Gasteiger partial charge in [-0.05, 0) is 23.2 Å². The number of ketones is 2. The second-order valence-electron chi connectivity index (χ2n) is 2.61. The molecule has 1 aliphatic carbocycles. The molecule has 0 bridgehead atoms. The summed E-state index contributed by atoms with van der Waals surface area (Å²) in [7, 11) is -4.78. The summed E-state index contributed by atoms with van der Waals surface area (Å²) in [6, 6.07) is 0. The zero-order valence-electron chi connectivity index (χ0n) is 8.29. The minimum atomic E-state index is -4.78. The fourth-order valence-electron chi connectivity index (χ4n) is 0.908. The van der Waals surface area contributed by atoms with E-state index in [2.05, 4.69) is 18.7 Å². The SMILES string of the molecule is [N-]=[N+]=NC1=C(OS(=O)(=O)N=[N+]=[N-])C(=O)C(=O)C=C1. The average Bonchev–Trinajstić information content (AvgIpc) is 2.28. The van der Waals surface area contributed by atoms with E-state index >= 15 is 0 Å². The van der Waals surface area contributed by atoms with E-state index < -0.39 is 33.3 Å². The molecule has 0 amide bonds. The van der Waals surface area contributed by atoms with Crippen LogP contribution in [0.2, 0.25) is 0 Å². The van der Waals surface area contributed by atoms with Crippen LogP contribution in [0.4, 0.5) is 0 Å². The van der Waals surface area contributed by atoms with Gasteiger partial charge in [-0.2, -0.15) is 8.42 Å². The molecule has 0 aliphatic heterocycles. The molecule has 1 rings (SSSR count). The number of azide groups is 2. The second-order valence-corrected chi connectivity index (χ2v) is 3.80. The Morgan fingerprint density at radius 3 is 2.39 bits per heavy atom. The third-order valence-corrected chi connectivity index (χ3v) is 2.18. The highest BCUT2D eigenvalue weighted by Gasteiger charge is 2.29. The van der Waals surface area contributed by atoms with Gasteiger partial charge in [0.1, 0.15) is 0 Å². The van der Waals surface area contributed by atoms with E-state index in [-0.39, 0.29) is 0 Å². The first kappa shape index (κ1) is 13.3. The van der Waals surface area contributed by atoms with Crippen LogP contribution in [-0.4, -0.2) is 20.0 Å². The number of hydrogen-bond donors (Lipinski definition) is 0. The van der Waals surface area contributed by atoms with Crippen molar-refractivity contribution in [2.45, 2.75) is 0 Å². The largest absolute Gasteiger partial charge is 0.403 e. The average molecular weight is 270 g/mol. The van der Waals surface area contributed by atoms with Crippen molar-refractivity contribution in [1.82, 2.24) is 0 Å². The lowest BCUT2D eigenvalue weighted by Crippen LogP contribution is -2.21. The summed E-state index contributed by atoms with van der Waals surface area (Å²) < 4.78 is 28.4. The van der Waals surface area contributed by atoms with Gasteiger partial charge < -0.3 is 4.18 Å². The molecule has 0 aromatic heterocycles. The van der Waals surface area contributed by atoms with Gasteiger partial charge in [-0.25, -0.2) is 0 Å². The fourth-order valence-corrected chi connectivity index (χ4v) is 1.40. The van der Waals surface area contributed by atoms with Crippen LogP contribution in [-0.2, 0) is 24.1 Å². The quantitative estimate of drug-likeness (QED) is 0.240. The Morgan fingerprint density at radius 1 is 1.17 bits per heavy atom. The van der Waals surface area contributed by atoms with Crippen LogP contribution in [0.3, 0.4) is 0 Å². The summed E-state index contributed by atoms with van der Waals surface area (Å²) in [6.45, 7) is 0. The molecule has 0 heterocycles. The Bertz CT molecular complexity index is 675. The molecular weight excluding hydrogens is 268 g/mol. The van der Waals surface area contributed by atoms with Crippen molar-refractivity contribution in [3.8, 4) is 0 Å². The lowest BCUT2D eigenvalue weighted by Gasteiger charge is -2.09. The summed E-state index contributed by atoms with van der Waals surface area (Å²) in [5.41, 5.74) is 15.6.